The van der Waals surface area contributed by atoms with E-state index in [4.69, 9.17) is 0 Å². The average Bonchev–Trinajstić information content (AvgIpc) is 2.14. The number of carbonyl (C=O) groups excluding carboxylic acids is 1. The normalized spacial score (nSPS) is 20.1. The first-order valence-electron chi connectivity index (χ1n) is 2.82. The summed E-state index contributed by atoms with van der Waals surface area (Å²) in [5.41, 5.74) is 0. The van der Waals surface area contributed by atoms with E-state index in [9.17, 15) is 4.79 Å². The lowest BCUT2D eigenvalue weighted by atomic mass is 10.4. The largest absolute Gasteiger partial charge is 0.339 e. The van der Waals surface area contributed by atoms with Crippen molar-refractivity contribution >= 4 is 15.1 Å². The van der Waals surface area contributed by atoms with Crippen molar-refractivity contribution in [2.75, 3.05) is 12.8 Å². The second kappa shape index (κ2) is 2.45. The Balaban J connectivity index is 2.42. The topological polar surface area (TPSA) is 20.3 Å². The standard InChI is InChI=1S/C5H10NOP/c7-5-2-1-3-6(5)4-8/h1-4,8H2. The fraction of sp³-hybridized carbons (Fsp3) is 0.800. The number of hydrogen-bond donors (Lipinski definition) is 0. The Kier molecular flexibility index (Phi) is 1.85. The van der Waals surface area contributed by atoms with Gasteiger partial charge in [0, 0.05) is 19.3 Å². The highest BCUT2D eigenvalue weighted by molar-refractivity contribution is 7.16. The van der Waals surface area contributed by atoms with Gasteiger partial charge in [0.2, 0.25) is 5.91 Å². The Hall–Kier alpha value is -0.100. The summed E-state index contributed by atoms with van der Waals surface area (Å²) < 4.78 is 0. The van der Waals surface area contributed by atoms with Crippen LogP contribution in [0.1, 0.15) is 12.8 Å². The van der Waals surface area contributed by atoms with Crippen LogP contribution in [0.5, 0.6) is 0 Å². The summed E-state index contributed by atoms with van der Waals surface area (Å²) in [4.78, 5) is 12.6. The van der Waals surface area contributed by atoms with Crippen molar-refractivity contribution in [3.8, 4) is 0 Å². The van der Waals surface area contributed by atoms with Crippen LogP contribution in [-0.4, -0.2) is 23.6 Å². The Labute approximate surface area is 51.4 Å². The number of hydrogen-bond acceptors (Lipinski definition) is 1. The van der Waals surface area contributed by atoms with Crippen LogP contribution in [0.15, 0.2) is 0 Å². The molecule has 1 atom stereocenters. The highest BCUT2D eigenvalue weighted by atomic mass is 31.0. The molecule has 0 aromatic heterocycles. The molecule has 1 fully saturated rings. The predicted octanol–water partition coefficient (Wildman–Crippen LogP) is 0.441. The summed E-state index contributed by atoms with van der Waals surface area (Å²) in [5.74, 6) is 0.306. The summed E-state index contributed by atoms with van der Waals surface area (Å²) in [5, 5.41) is 0. The SMILES string of the molecule is O=C1CCCN1CP. The molecule has 0 saturated carbocycles. The molecule has 46 valence electrons. The first-order chi connectivity index (χ1) is 3.84. The number of carbonyl (C=O) groups is 1. The molecule has 1 heterocycles. The first-order valence-corrected chi connectivity index (χ1v) is 3.64. The molecule has 8 heavy (non-hydrogen) atoms. The predicted molar refractivity (Wildman–Crippen MR) is 35.5 cm³/mol. The minimum Gasteiger partial charge on any atom is -0.339 e. The maximum atomic E-state index is 10.7. The van der Waals surface area contributed by atoms with Gasteiger partial charge in [-0.3, -0.25) is 4.79 Å². The van der Waals surface area contributed by atoms with Crippen molar-refractivity contribution in [3.63, 3.8) is 0 Å². The molecule has 1 saturated heterocycles. The maximum Gasteiger partial charge on any atom is 0.222 e. The van der Waals surface area contributed by atoms with Gasteiger partial charge in [-0.2, -0.15) is 0 Å². The molecule has 0 bridgehead atoms. The second-order valence-corrected chi connectivity index (χ2v) is 2.31. The Morgan fingerprint density at radius 3 is 2.75 bits per heavy atom. The third-order valence-electron chi connectivity index (χ3n) is 1.39. The zero-order chi connectivity index (χ0) is 5.98. The lowest BCUT2D eigenvalue weighted by molar-refractivity contribution is -0.126. The van der Waals surface area contributed by atoms with Gasteiger partial charge in [0.05, 0.1) is 0 Å². The van der Waals surface area contributed by atoms with Gasteiger partial charge in [-0.05, 0) is 6.42 Å². The van der Waals surface area contributed by atoms with Crippen molar-refractivity contribution in [1.82, 2.24) is 4.90 Å². The molecule has 2 nitrogen and oxygen atoms in total. The summed E-state index contributed by atoms with van der Waals surface area (Å²) in [6.45, 7) is 0.961. The van der Waals surface area contributed by atoms with Crippen LogP contribution in [0.4, 0.5) is 0 Å². The molecular weight excluding hydrogens is 121 g/mol. The van der Waals surface area contributed by atoms with E-state index < -0.39 is 0 Å². The third kappa shape index (κ3) is 1.00. The van der Waals surface area contributed by atoms with E-state index in [-0.39, 0.29) is 0 Å². The van der Waals surface area contributed by atoms with Crippen LogP contribution >= 0.6 is 9.24 Å². The Morgan fingerprint density at radius 2 is 2.50 bits per heavy atom. The molecule has 1 aliphatic rings. The van der Waals surface area contributed by atoms with Gasteiger partial charge in [-0.15, -0.1) is 9.24 Å². The number of rotatable bonds is 1. The van der Waals surface area contributed by atoms with E-state index >= 15 is 0 Å². The molecule has 0 spiro atoms. The average molecular weight is 131 g/mol. The van der Waals surface area contributed by atoms with Crippen LogP contribution in [-0.2, 0) is 4.79 Å². The lowest BCUT2D eigenvalue weighted by Crippen LogP contribution is -2.21. The van der Waals surface area contributed by atoms with Crippen molar-refractivity contribution in [2.45, 2.75) is 12.8 Å². The molecule has 3 heteroatoms. The van der Waals surface area contributed by atoms with Gasteiger partial charge >= 0.3 is 0 Å². The van der Waals surface area contributed by atoms with Crippen LogP contribution in [0.25, 0.3) is 0 Å². The molecule has 0 N–H and O–H groups in total. The van der Waals surface area contributed by atoms with Gasteiger partial charge in [0.15, 0.2) is 0 Å². The molecular formula is C5H10NOP. The van der Waals surface area contributed by atoms with E-state index in [0.717, 1.165) is 25.7 Å². The Bertz CT molecular complexity index is 105. The van der Waals surface area contributed by atoms with Crippen molar-refractivity contribution in [1.29, 1.82) is 0 Å². The molecule has 0 aromatic carbocycles. The van der Waals surface area contributed by atoms with Crippen LogP contribution in [0.2, 0.25) is 0 Å². The van der Waals surface area contributed by atoms with E-state index in [0.29, 0.717) is 5.91 Å². The van der Waals surface area contributed by atoms with E-state index in [2.05, 4.69) is 9.24 Å². The molecule has 1 unspecified atom stereocenters. The van der Waals surface area contributed by atoms with Gasteiger partial charge in [0.1, 0.15) is 0 Å². The second-order valence-electron chi connectivity index (χ2n) is 1.94. The van der Waals surface area contributed by atoms with E-state index in [1.807, 2.05) is 4.90 Å². The van der Waals surface area contributed by atoms with Crippen LogP contribution in [0, 0.1) is 0 Å². The zero-order valence-electron chi connectivity index (χ0n) is 4.76. The number of likely N-dealkylation sites (tertiary alicyclic amines) is 1. The van der Waals surface area contributed by atoms with Crippen LogP contribution < -0.4 is 0 Å². The summed E-state index contributed by atoms with van der Waals surface area (Å²) in [6, 6.07) is 0. The van der Waals surface area contributed by atoms with Crippen molar-refractivity contribution in [2.24, 2.45) is 0 Å². The lowest BCUT2D eigenvalue weighted by Gasteiger charge is -2.09. The van der Waals surface area contributed by atoms with Gasteiger partial charge < -0.3 is 4.90 Å². The highest BCUT2D eigenvalue weighted by Gasteiger charge is 2.17. The molecule has 0 radical (unpaired) electrons. The maximum absolute atomic E-state index is 10.7. The molecule has 1 rings (SSSR count). The third-order valence-corrected chi connectivity index (χ3v) is 1.83. The molecule has 1 aliphatic heterocycles. The summed E-state index contributed by atoms with van der Waals surface area (Å²) in [7, 11) is 2.55. The summed E-state index contributed by atoms with van der Waals surface area (Å²) >= 11 is 0. The van der Waals surface area contributed by atoms with E-state index in [1.165, 1.54) is 0 Å². The number of amides is 1. The molecule has 0 aromatic rings. The number of nitrogens with zero attached hydrogens (tertiary/aromatic N) is 1. The van der Waals surface area contributed by atoms with Crippen molar-refractivity contribution in [3.05, 3.63) is 0 Å². The van der Waals surface area contributed by atoms with Gasteiger partial charge in [0.25, 0.3) is 0 Å². The summed E-state index contributed by atoms with van der Waals surface area (Å²) in [6.07, 6.45) is 2.61. The first kappa shape index (κ1) is 6.03. The molecule has 1 amide bonds. The monoisotopic (exact) mass is 131 g/mol. The Morgan fingerprint density at radius 1 is 1.75 bits per heavy atom. The van der Waals surface area contributed by atoms with Gasteiger partial charge in [-0.25, -0.2) is 0 Å². The fourth-order valence-electron chi connectivity index (χ4n) is 0.897. The minimum atomic E-state index is 0.306. The minimum absolute atomic E-state index is 0.306. The fourth-order valence-corrected chi connectivity index (χ4v) is 1.28. The zero-order valence-corrected chi connectivity index (χ0v) is 5.92. The van der Waals surface area contributed by atoms with E-state index in [1.54, 1.807) is 0 Å². The van der Waals surface area contributed by atoms with Gasteiger partial charge in [-0.1, -0.05) is 0 Å². The highest BCUT2D eigenvalue weighted by Crippen LogP contribution is 2.09. The quantitative estimate of drug-likeness (QED) is 0.473. The van der Waals surface area contributed by atoms with Crippen LogP contribution in [0.3, 0.4) is 0 Å². The molecule has 0 aliphatic carbocycles. The van der Waals surface area contributed by atoms with Crippen molar-refractivity contribution < 1.29 is 4.79 Å². The smallest absolute Gasteiger partial charge is 0.222 e.